The topological polar surface area (TPSA) is 52.0 Å². The minimum atomic E-state index is 0.111. The van der Waals surface area contributed by atoms with Crippen molar-refractivity contribution in [3.8, 4) is 0 Å². The van der Waals surface area contributed by atoms with Crippen molar-refractivity contribution in [2.75, 3.05) is 0 Å². The molecule has 8 heteroatoms. The van der Waals surface area contributed by atoms with E-state index in [0.29, 0.717) is 9.36 Å². The van der Waals surface area contributed by atoms with Gasteiger partial charge in [0.1, 0.15) is 4.34 Å². The molecule has 4 N–H and O–H groups in total. The van der Waals surface area contributed by atoms with Gasteiger partial charge in [-0.25, -0.2) is 0 Å². The van der Waals surface area contributed by atoms with Gasteiger partial charge < -0.3 is 11.5 Å². The van der Waals surface area contributed by atoms with Crippen molar-refractivity contribution in [1.82, 2.24) is 0 Å². The molecule has 2 rings (SSSR count). The fraction of sp³-hybridized carbons (Fsp3) is 0.429. The van der Waals surface area contributed by atoms with E-state index in [1.807, 2.05) is 24.6 Å². The smallest absolute Gasteiger partial charge is 0.112 e. The van der Waals surface area contributed by atoms with Gasteiger partial charge in [-0.15, -0.1) is 22.7 Å². The second-order valence-corrected chi connectivity index (χ2v) is 8.80. The SMILES string of the molecule is CC(N)Cc1c(Cl)csc1Cl.CC(N)Cc1csc(Cl)c1Cl. The van der Waals surface area contributed by atoms with Crippen LogP contribution in [-0.4, -0.2) is 12.1 Å². The summed E-state index contributed by atoms with van der Waals surface area (Å²) in [4.78, 5) is 0. The number of halogens is 4. The second kappa shape index (κ2) is 9.70. The zero-order valence-electron chi connectivity index (χ0n) is 12.2. The lowest BCUT2D eigenvalue weighted by molar-refractivity contribution is 0.740. The fourth-order valence-electron chi connectivity index (χ4n) is 1.68. The van der Waals surface area contributed by atoms with Gasteiger partial charge in [-0.1, -0.05) is 46.4 Å². The van der Waals surface area contributed by atoms with Crippen LogP contribution in [-0.2, 0) is 12.8 Å². The molecule has 2 aromatic heterocycles. The maximum absolute atomic E-state index is 5.88. The lowest BCUT2D eigenvalue weighted by atomic mass is 10.1. The van der Waals surface area contributed by atoms with Crippen LogP contribution < -0.4 is 11.5 Å². The number of hydrogen-bond acceptors (Lipinski definition) is 4. The normalized spacial score (nSPS) is 13.5. The maximum atomic E-state index is 5.88. The summed E-state index contributed by atoms with van der Waals surface area (Å²) < 4.78 is 1.41. The molecule has 0 fully saturated rings. The third-order valence-electron chi connectivity index (χ3n) is 2.62. The Balaban J connectivity index is 0.000000220. The second-order valence-electron chi connectivity index (χ2n) is 5.05. The Labute approximate surface area is 159 Å². The summed E-state index contributed by atoms with van der Waals surface area (Å²) in [7, 11) is 0. The number of thiophene rings is 2. The van der Waals surface area contributed by atoms with Crippen LogP contribution >= 0.6 is 69.1 Å². The Morgan fingerprint density at radius 1 is 0.909 bits per heavy atom. The first-order valence-electron chi connectivity index (χ1n) is 6.56. The Kier molecular flexibility index (Phi) is 9.05. The van der Waals surface area contributed by atoms with E-state index < -0.39 is 0 Å². The van der Waals surface area contributed by atoms with Gasteiger partial charge >= 0.3 is 0 Å². The zero-order chi connectivity index (χ0) is 16.9. The van der Waals surface area contributed by atoms with Crippen LogP contribution in [0.4, 0.5) is 0 Å². The van der Waals surface area contributed by atoms with E-state index in [1.54, 1.807) is 0 Å². The van der Waals surface area contributed by atoms with Crippen LogP contribution in [0.25, 0.3) is 0 Å². The summed E-state index contributed by atoms with van der Waals surface area (Å²) in [6, 6.07) is 0.248. The van der Waals surface area contributed by atoms with Gasteiger partial charge in [-0.2, -0.15) is 0 Å². The zero-order valence-corrected chi connectivity index (χ0v) is 16.9. The lowest BCUT2D eigenvalue weighted by Gasteiger charge is -2.03. The van der Waals surface area contributed by atoms with Crippen molar-refractivity contribution in [2.24, 2.45) is 11.5 Å². The summed E-state index contributed by atoms with van der Waals surface area (Å²) in [5.41, 5.74) is 13.2. The minimum Gasteiger partial charge on any atom is -0.328 e. The monoisotopic (exact) mass is 418 g/mol. The minimum absolute atomic E-state index is 0.111. The Hall–Kier alpha value is 0.480. The van der Waals surface area contributed by atoms with Crippen molar-refractivity contribution in [2.45, 2.75) is 38.8 Å². The highest BCUT2D eigenvalue weighted by Gasteiger charge is 2.09. The van der Waals surface area contributed by atoms with E-state index in [2.05, 4.69) is 0 Å². The molecule has 2 nitrogen and oxygen atoms in total. The van der Waals surface area contributed by atoms with Crippen LogP contribution in [0.15, 0.2) is 10.8 Å². The van der Waals surface area contributed by atoms with Gasteiger partial charge in [0.15, 0.2) is 0 Å². The van der Waals surface area contributed by atoms with Gasteiger partial charge in [-0.05, 0) is 37.6 Å². The molecule has 2 heterocycles. The lowest BCUT2D eigenvalue weighted by Crippen LogP contribution is -2.17. The van der Waals surface area contributed by atoms with E-state index in [-0.39, 0.29) is 12.1 Å². The average Bonchev–Trinajstić information content (AvgIpc) is 2.89. The molecule has 0 aromatic carbocycles. The molecule has 0 aliphatic carbocycles. The number of hydrogen-bond donors (Lipinski definition) is 2. The third-order valence-corrected chi connectivity index (χ3v) is 6.30. The molecule has 0 bridgehead atoms. The Morgan fingerprint density at radius 2 is 1.45 bits per heavy atom. The van der Waals surface area contributed by atoms with Crippen molar-refractivity contribution in [1.29, 1.82) is 0 Å². The fourth-order valence-corrected chi connectivity index (χ4v) is 4.36. The first kappa shape index (κ1) is 20.5. The molecule has 0 saturated heterocycles. The van der Waals surface area contributed by atoms with Crippen LogP contribution in [0.2, 0.25) is 18.7 Å². The van der Waals surface area contributed by atoms with Crippen molar-refractivity contribution in [3.05, 3.63) is 40.6 Å². The van der Waals surface area contributed by atoms with Crippen molar-refractivity contribution >= 4 is 69.1 Å². The van der Waals surface area contributed by atoms with E-state index in [9.17, 15) is 0 Å². The molecule has 22 heavy (non-hydrogen) atoms. The van der Waals surface area contributed by atoms with E-state index in [4.69, 9.17) is 57.9 Å². The van der Waals surface area contributed by atoms with Gasteiger partial charge in [0.2, 0.25) is 0 Å². The van der Waals surface area contributed by atoms with Crippen LogP contribution in [0, 0.1) is 0 Å². The summed E-state index contributed by atoms with van der Waals surface area (Å²) in [5.74, 6) is 0. The number of nitrogens with two attached hydrogens (primary N) is 2. The molecule has 2 aromatic rings. The predicted molar refractivity (Wildman–Crippen MR) is 103 cm³/mol. The summed E-state index contributed by atoms with van der Waals surface area (Å²) in [6.45, 7) is 3.88. The molecule has 0 spiro atoms. The van der Waals surface area contributed by atoms with Gasteiger partial charge in [0.25, 0.3) is 0 Å². The molecule has 0 radical (unpaired) electrons. The van der Waals surface area contributed by atoms with E-state index in [0.717, 1.165) is 33.3 Å². The third kappa shape index (κ3) is 6.54. The van der Waals surface area contributed by atoms with Gasteiger partial charge in [0.05, 0.1) is 14.4 Å². The summed E-state index contributed by atoms with van der Waals surface area (Å²) >= 11 is 26.3. The van der Waals surface area contributed by atoms with Crippen molar-refractivity contribution < 1.29 is 0 Å². The molecular weight excluding hydrogens is 402 g/mol. The highest BCUT2D eigenvalue weighted by molar-refractivity contribution is 7.15. The Bertz CT molecular complexity index is 574. The van der Waals surface area contributed by atoms with Gasteiger partial charge in [0, 0.05) is 23.0 Å². The summed E-state index contributed by atoms with van der Waals surface area (Å²) in [5, 5.41) is 5.18. The molecule has 124 valence electrons. The van der Waals surface area contributed by atoms with E-state index in [1.165, 1.54) is 22.7 Å². The summed E-state index contributed by atoms with van der Waals surface area (Å²) in [6.07, 6.45) is 1.54. The molecule has 0 saturated carbocycles. The molecule has 0 amide bonds. The van der Waals surface area contributed by atoms with Crippen LogP contribution in [0.3, 0.4) is 0 Å². The quantitative estimate of drug-likeness (QED) is 0.648. The highest BCUT2D eigenvalue weighted by atomic mass is 35.5. The average molecular weight is 420 g/mol. The largest absolute Gasteiger partial charge is 0.328 e. The van der Waals surface area contributed by atoms with Crippen LogP contribution in [0.5, 0.6) is 0 Å². The first-order valence-corrected chi connectivity index (χ1v) is 9.83. The first-order chi connectivity index (χ1) is 10.2. The van der Waals surface area contributed by atoms with E-state index >= 15 is 0 Å². The predicted octanol–water partition coefficient (Wildman–Crippen LogP) is 5.89. The van der Waals surface area contributed by atoms with Crippen LogP contribution in [0.1, 0.15) is 25.0 Å². The molecule has 2 atom stereocenters. The molecule has 0 aliphatic rings. The molecule has 0 aliphatic heterocycles. The molecule has 2 unspecified atom stereocenters. The highest BCUT2D eigenvalue weighted by Crippen LogP contribution is 2.33. The van der Waals surface area contributed by atoms with Crippen molar-refractivity contribution in [3.63, 3.8) is 0 Å². The maximum Gasteiger partial charge on any atom is 0.112 e. The van der Waals surface area contributed by atoms with Gasteiger partial charge in [-0.3, -0.25) is 0 Å². The molecular formula is C14H18Cl4N2S2. The standard InChI is InChI=1S/2C7H9Cl2NS/c1-4(10)2-5-6(8)3-11-7(5)9;1-4(10)2-5-3-11-7(9)6(5)8/h2*3-4H,2,10H2,1H3. The number of rotatable bonds is 4. The Morgan fingerprint density at radius 3 is 1.82 bits per heavy atom.